The van der Waals surface area contributed by atoms with Crippen molar-refractivity contribution >= 4 is 0 Å². The largest absolute Gasteiger partial charge is 0.411 e. The fraction of sp³-hybridized carbons (Fsp3) is 0.500. The molecular formula is C4H7N3O. The highest BCUT2D eigenvalue weighted by Gasteiger charge is 1.91. The highest BCUT2D eigenvalue weighted by molar-refractivity contribution is 4.88. The smallest absolute Gasteiger partial charge is 0.0900 e. The molecule has 0 aliphatic heterocycles. The van der Waals surface area contributed by atoms with Crippen LogP contribution in [0, 0.1) is 0 Å². The second-order valence-corrected chi connectivity index (χ2v) is 1.48. The van der Waals surface area contributed by atoms with E-state index in [0.717, 1.165) is 12.1 Å². The molecule has 4 nitrogen and oxygen atoms in total. The molecule has 0 spiro atoms. The fourth-order valence-electron chi connectivity index (χ4n) is 0.450. The number of rotatable bonds is 1. The van der Waals surface area contributed by atoms with Gasteiger partial charge in [0.15, 0.2) is 0 Å². The highest BCUT2D eigenvalue weighted by Crippen LogP contribution is 1.88. The summed E-state index contributed by atoms with van der Waals surface area (Å²) in [6, 6.07) is 0. The molecule has 0 bridgehead atoms. The zero-order valence-corrected chi connectivity index (χ0v) is 4.57. The Kier molecular flexibility index (Phi) is 1.15. The molecule has 4 heteroatoms. The van der Waals surface area contributed by atoms with E-state index in [2.05, 4.69) is 10.3 Å². The standard InChI is InChI=1S/C4H7N3O/c1-2-4-3-7(8)6-5-4/h3,8H,2H2,1H3. The third-order valence-electron chi connectivity index (χ3n) is 0.892. The van der Waals surface area contributed by atoms with Crippen molar-refractivity contribution in [3.8, 4) is 0 Å². The van der Waals surface area contributed by atoms with E-state index in [4.69, 9.17) is 5.21 Å². The Balaban J connectivity index is 2.84. The average Bonchev–Trinajstić information content (AvgIpc) is 2.14. The second kappa shape index (κ2) is 1.81. The minimum atomic E-state index is 0.707. The van der Waals surface area contributed by atoms with Gasteiger partial charge in [-0.05, 0) is 11.6 Å². The molecule has 0 saturated carbocycles. The van der Waals surface area contributed by atoms with E-state index in [9.17, 15) is 0 Å². The van der Waals surface area contributed by atoms with Gasteiger partial charge < -0.3 is 5.21 Å². The monoisotopic (exact) mass is 113 g/mol. The number of aryl methyl sites for hydroxylation is 1. The lowest BCUT2D eigenvalue weighted by atomic mass is 10.4. The van der Waals surface area contributed by atoms with E-state index in [1.165, 1.54) is 6.20 Å². The van der Waals surface area contributed by atoms with Gasteiger partial charge in [0.1, 0.15) is 0 Å². The summed E-state index contributed by atoms with van der Waals surface area (Å²) in [5, 5.41) is 15.4. The van der Waals surface area contributed by atoms with Gasteiger partial charge in [0, 0.05) is 0 Å². The Labute approximate surface area is 46.7 Å². The third kappa shape index (κ3) is 0.776. The Morgan fingerprint density at radius 1 is 1.88 bits per heavy atom. The predicted molar refractivity (Wildman–Crippen MR) is 26.6 cm³/mol. The lowest BCUT2D eigenvalue weighted by molar-refractivity contribution is 0.143. The van der Waals surface area contributed by atoms with Crippen molar-refractivity contribution in [1.29, 1.82) is 0 Å². The van der Waals surface area contributed by atoms with E-state index in [0.29, 0.717) is 4.85 Å². The second-order valence-electron chi connectivity index (χ2n) is 1.48. The topological polar surface area (TPSA) is 50.9 Å². The maximum Gasteiger partial charge on any atom is 0.0900 e. The van der Waals surface area contributed by atoms with E-state index < -0.39 is 0 Å². The van der Waals surface area contributed by atoms with Crippen LogP contribution in [-0.2, 0) is 6.42 Å². The van der Waals surface area contributed by atoms with Crippen LogP contribution in [0.15, 0.2) is 6.20 Å². The minimum Gasteiger partial charge on any atom is -0.411 e. The maximum atomic E-state index is 8.53. The molecule has 1 N–H and O–H groups in total. The Morgan fingerprint density at radius 2 is 2.62 bits per heavy atom. The molecule has 0 aliphatic rings. The highest BCUT2D eigenvalue weighted by atomic mass is 16.5. The van der Waals surface area contributed by atoms with E-state index in [1.54, 1.807) is 0 Å². The van der Waals surface area contributed by atoms with Crippen molar-refractivity contribution in [1.82, 2.24) is 15.2 Å². The molecule has 0 amide bonds. The van der Waals surface area contributed by atoms with Gasteiger partial charge in [0.05, 0.1) is 11.9 Å². The summed E-state index contributed by atoms with van der Waals surface area (Å²) in [6.07, 6.45) is 2.28. The molecule has 44 valence electrons. The van der Waals surface area contributed by atoms with Crippen LogP contribution in [-0.4, -0.2) is 20.4 Å². The van der Waals surface area contributed by atoms with Gasteiger partial charge in [-0.3, -0.25) is 0 Å². The van der Waals surface area contributed by atoms with Crippen LogP contribution >= 0.6 is 0 Å². The third-order valence-corrected chi connectivity index (χ3v) is 0.892. The van der Waals surface area contributed by atoms with Crippen molar-refractivity contribution in [3.63, 3.8) is 0 Å². The molecule has 0 atom stereocenters. The number of hydrogen-bond acceptors (Lipinski definition) is 3. The zero-order valence-electron chi connectivity index (χ0n) is 4.57. The normalized spacial score (nSPS) is 9.62. The molecule has 0 radical (unpaired) electrons. The first kappa shape index (κ1) is 5.08. The molecule has 0 aliphatic carbocycles. The van der Waals surface area contributed by atoms with Crippen LogP contribution in [0.3, 0.4) is 0 Å². The molecule has 0 fully saturated rings. The van der Waals surface area contributed by atoms with E-state index in [-0.39, 0.29) is 0 Å². The van der Waals surface area contributed by atoms with Crippen LogP contribution in [0.5, 0.6) is 0 Å². The molecule has 1 heterocycles. The summed E-state index contributed by atoms with van der Waals surface area (Å²) in [7, 11) is 0. The molecule has 0 saturated heterocycles. The van der Waals surface area contributed by atoms with Crippen molar-refractivity contribution in [2.75, 3.05) is 0 Å². The first-order valence-electron chi connectivity index (χ1n) is 2.43. The SMILES string of the molecule is CCc1cn(O)nn1. The molecule has 1 rings (SSSR count). The van der Waals surface area contributed by atoms with Gasteiger partial charge in [-0.25, -0.2) is 0 Å². The number of hydrogen-bond donors (Lipinski definition) is 1. The van der Waals surface area contributed by atoms with Gasteiger partial charge in [-0.2, -0.15) is 0 Å². The summed E-state index contributed by atoms with van der Waals surface area (Å²) in [5.74, 6) is 0. The molecule has 0 unspecified atom stereocenters. The molecular weight excluding hydrogens is 106 g/mol. The van der Waals surface area contributed by atoms with Gasteiger partial charge >= 0.3 is 0 Å². The molecule has 1 aromatic heterocycles. The quantitative estimate of drug-likeness (QED) is 0.524. The summed E-state index contributed by atoms with van der Waals surface area (Å²) < 4.78 is 0. The average molecular weight is 113 g/mol. The van der Waals surface area contributed by atoms with Crippen molar-refractivity contribution in [3.05, 3.63) is 11.9 Å². The predicted octanol–water partition coefficient (Wildman–Crippen LogP) is 0.0778. The van der Waals surface area contributed by atoms with Crippen LogP contribution in [0.2, 0.25) is 0 Å². The molecule has 8 heavy (non-hydrogen) atoms. The van der Waals surface area contributed by atoms with Gasteiger partial charge in [0.2, 0.25) is 0 Å². The van der Waals surface area contributed by atoms with E-state index >= 15 is 0 Å². The summed E-state index contributed by atoms with van der Waals surface area (Å²) in [5.41, 5.74) is 0.799. The summed E-state index contributed by atoms with van der Waals surface area (Å²) in [6.45, 7) is 1.95. The van der Waals surface area contributed by atoms with Crippen molar-refractivity contribution in [2.24, 2.45) is 0 Å². The maximum absolute atomic E-state index is 8.53. The first-order valence-corrected chi connectivity index (χ1v) is 2.43. The lowest BCUT2D eigenvalue weighted by Gasteiger charge is -1.77. The van der Waals surface area contributed by atoms with Crippen molar-refractivity contribution < 1.29 is 5.21 Å². The summed E-state index contributed by atoms with van der Waals surface area (Å²) >= 11 is 0. The van der Waals surface area contributed by atoms with Gasteiger partial charge in [0.25, 0.3) is 0 Å². The molecule has 0 aromatic carbocycles. The van der Waals surface area contributed by atoms with Gasteiger partial charge in [-0.1, -0.05) is 11.8 Å². The summed E-state index contributed by atoms with van der Waals surface area (Å²) in [4.78, 5) is 0.707. The van der Waals surface area contributed by atoms with Crippen LogP contribution in [0.1, 0.15) is 12.6 Å². The molecule has 1 aromatic rings. The lowest BCUT2D eigenvalue weighted by Crippen LogP contribution is -1.88. The number of aromatic nitrogens is 3. The fourth-order valence-corrected chi connectivity index (χ4v) is 0.450. The van der Waals surface area contributed by atoms with Crippen LogP contribution < -0.4 is 0 Å². The minimum absolute atomic E-state index is 0.707. The van der Waals surface area contributed by atoms with Crippen molar-refractivity contribution in [2.45, 2.75) is 13.3 Å². The van der Waals surface area contributed by atoms with Crippen LogP contribution in [0.25, 0.3) is 0 Å². The number of nitrogens with zero attached hydrogens (tertiary/aromatic N) is 3. The van der Waals surface area contributed by atoms with Crippen LogP contribution in [0.4, 0.5) is 0 Å². The zero-order chi connectivity index (χ0) is 5.98. The Bertz CT molecular complexity index is 172. The Hall–Kier alpha value is -1.06. The van der Waals surface area contributed by atoms with E-state index in [1.807, 2.05) is 6.92 Å². The van der Waals surface area contributed by atoms with Gasteiger partial charge in [-0.15, -0.1) is 5.10 Å². The first-order chi connectivity index (χ1) is 3.83. The Morgan fingerprint density at radius 3 is 2.88 bits per heavy atom.